The van der Waals surface area contributed by atoms with Gasteiger partial charge in [-0.15, -0.1) is 0 Å². The first kappa shape index (κ1) is 14.5. The number of hydrogen-bond donors (Lipinski definition) is 0. The first-order valence-corrected chi connectivity index (χ1v) is 7.51. The van der Waals surface area contributed by atoms with Gasteiger partial charge in [-0.25, -0.2) is 9.29 Å². The smallest absolute Gasteiger partial charge is 0.251 e. The van der Waals surface area contributed by atoms with Gasteiger partial charge in [0.25, 0.3) is 5.91 Å². The molecule has 0 N–H and O–H groups in total. The van der Waals surface area contributed by atoms with Gasteiger partial charge in [0.1, 0.15) is 5.82 Å². The Morgan fingerprint density at radius 3 is 2.52 bits per heavy atom. The molecular weight excluding hydrogens is 295 g/mol. The number of nitrogens with zero attached hydrogens (tertiary/aromatic N) is 2. The molecule has 1 atom stereocenters. The highest BCUT2D eigenvalue weighted by molar-refractivity contribution is 6.31. The van der Waals surface area contributed by atoms with Crippen LogP contribution in [-0.4, -0.2) is 35.8 Å². The molecule has 2 heterocycles. The van der Waals surface area contributed by atoms with Crippen LogP contribution in [0.4, 0.5) is 10.1 Å². The summed E-state index contributed by atoms with van der Waals surface area (Å²) in [7, 11) is 0. The number of anilines is 1. The second-order valence-corrected chi connectivity index (χ2v) is 5.89. The summed E-state index contributed by atoms with van der Waals surface area (Å²) in [6.07, 6.45) is 3.47. The third-order valence-corrected chi connectivity index (χ3v) is 4.41. The summed E-state index contributed by atoms with van der Waals surface area (Å²) < 4.78 is 13.2. The summed E-state index contributed by atoms with van der Waals surface area (Å²) in [6.45, 7) is 1.70. The van der Waals surface area contributed by atoms with E-state index in [0.717, 1.165) is 30.8 Å². The molecule has 0 aromatic heterocycles. The van der Waals surface area contributed by atoms with Crippen LogP contribution in [0.2, 0.25) is 5.02 Å². The molecule has 0 aliphatic carbocycles. The first-order valence-electron chi connectivity index (χ1n) is 7.14. The van der Waals surface area contributed by atoms with Gasteiger partial charge >= 0.3 is 0 Å². The average molecular weight is 311 g/mol. The van der Waals surface area contributed by atoms with Gasteiger partial charge in [0.15, 0.2) is 0 Å². The predicted octanol–water partition coefficient (Wildman–Crippen LogP) is 2.60. The molecule has 2 fully saturated rings. The van der Waals surface area contributed by atoms with Crippen LogP contribution in [0.1, 0.15) is 25.7 Å². The van der Waals surface area contributed by atoms with Crippen molar-refractivity contribution in [2.45, 2.75) is 31.7 Å². The van der Waals surface area contributed by atoms with Crippen molar-refractivity contribution < 1.29 is 14.0 Å². The third-order valence-electron chi connectivity index (χ3n) is 4.12. The molecule has 1 aromatic rings. The van der Waals surface area contributed by atoms with E-state index in [-0.39, 0.29) is 29.3 Å². The lowest BCUT2D eigenvalue weighted by molar-refractivity contribution is -0.123. The lowest BCUT2D eigenvalue weighted by Gasteiger charge is -2.30. The molecule has 2 aliphatic rings. The van der Waals surface area contributed by atoms with Gasteiger partial charge in [0, 0.05) is 0 Å². The SMILES string of the molecule is O=C1C[C@@H](N2CCCCC2)C(=O)N1c1ccc(F)c(Cl)c1. The van der Waals surface area contributed by atoms with Crippen molar-refractivity contribution >= 4 is 29.1 Å². The Hall–Kier alpha value is -1.46. The first-order chi connectivity index (χ1) is 10.1. The zero-order valence-corrected chi connectivity index (χ0v) is 12.3. The van der Waals surface area contributed by atoms with Crippen molar-refractivity contribution in [3.05, 3.63) is 29.0 Å². The zero-order chi connectivity index (χ0) is 15.0. The number of carbonyl (C=O) groups is 2. The Morgan fingerprint density at radius 2 is 1.86 bits per heavy atom. The molecule has 6 heteroatoms. The van der Waals surface area contributed by atoms with Gasteiger partial charge in [-0.2, -0.15) is 0 Å². The van der Waals surface area contributed by atoms with Crippen LogP contribution in [-0.2, 0) is 9.59 Å². The highest BCUT2D eigenvalue weighted by Crippen LogP contribution is 2.29. The number of hydrogen-bond acceptors (Lipinski definition) is 3. The molecule has 0 radical (unpaired) electrons. The van der Waals surface area contributed by atoms with E-state index in [4.69, 9.17) is 11.6 Å². The van der Waals surface area contributed by atoms with Gasteiger partial charge in [-0.1, -0.05) is 18.0 Å². The second kappa shape index (κ2) is 5.73. The van der Waals surface area contributed by atoms with Crippen LogP contribution in [0, 0.1) is 5.82 Å². The molecule has 0 saturated carbocycles. The van der Waals surface area contributed by atoms with Crippen molar-refractivity contribution in [3.8, 4) is 0 Å². The highest BCUT2D eigenvalue weighted by atomic mass is 35.5. The summed E-state index contributed by atoms with van der Waals surface area (Å²) in [5.74, 6) is -1.05. The molecule has 4 nitrogen and oxygen atoms in total. The topological polar surface area (TPSA) is 40.6 Å². The van der Waals surface area contributed by atoms with Crippen LogP contribution in [0.3, 0.4) is 0 Å². The number of imide groups is 1. The molecule has 0 spiro atoms. The van der Waals surface area contributed by atoms with E-state index in [0.29, 0.717) is 5.69 Å². The van der Waals surface area contributed by atoms with Crippen LogP contribution in [0.15, 0.2) is 18.2 Å². The molecule has 112 valence electrons. The van der Waals surface area contributed by atoms with Crippen molar-refractivity contribution in [3.63, 3.8) is 0 Å². The maximum absolute atomic E-state index is 13.2. The number of amides is 2. The van der Waals surface area contributed by atoms with Crippen LogP contribution >= 0.6 is 11.6 Å². The van der Waals surface area contributed by atoms with Gasteiger partial charge in [0.05, 0.1) is 23.2 Å². The molecule has 2 saturated heterocycles. The third kappa shape index (κ3) is 2.68. The van der Waals surface area contributed by atoms with E-state index in [2.05, 4.69) is 4.90 Å². The maximum Gasteiger partial charge on any atom is 0.251 e. The van der Waals surface area contributed by atoms with Crippen molar-refractivity contribution in [2.75, 3.05) is 18.0 Å². The number of benzene rings is 1. The van der Waals surface area contributed by atoms with Crippen LogP contribution < -0.4 is 4.90 Å². The monoisotopic (exact) mass is 310 g/mol. The van der Waals surface area contributed by atoms with E-state index in [9.17, 15) is 14.0 Å². The number of halogens is 2. The van der Waals surface area contributed by atoms with E-state index < -0.39 is 5.82 Å². The fourth-order valence-electron chi connectivity index (χ4n) is 3.03. The summed E-state index contributed by atoms with van der Waals surface area (Å²) in [5.41, 5.74) is 0.343. The summed E-state index contributed by atoms with van der Waals surface area (Å²) >= 11 is 5.74. The molecule has 21 heavy (non-hydrogen) atoms. The summed E-state index contributed by atoms with van der Waals surface area (Å²) in [6, 6.07) is 3.52. The number of likely N-dealkylation sites (tertiary alicyclic amines) is 1. The minimum atomic E-state index is -0.563. The van der Waals surface area contributed by atoms with Crippen molar-refractivity contribution in [1.29, 1.82) is 0 Å². The fraction of sp³-hybridized carbons (Fsp3) is 0.467. The maximum atomic E-state index is 13.2. The van der Waals surface area contributed by atoms with Crippen LogP contribution in [0.5, 0.6) is 0 Å². The molecule has 2 amide bonds. The molecular formula is C15H16ClFN2O2. The number of carbonyl (C=O) groups excluding carboxylic acids is 2. The average Bonchev–Trinajstić information content (AvgIpc) is 2.78. The van der Waals surface area contributed by atoms with Gasteiger partial charge in [-0.3, -0.25) is 14.5 Å². The van der Waals surface area contributed by atoms with E-state index >= 15 is 0 Å². The van der Waals surface area contributed by atoms with Gasteiger partial charge in [0.2, 0.25) is 5.91 Å². The second-order valence-electron chi connectivity index (χ2n) is 5.48. The Labute approximate surface area is 127 Å². The van der Waals surface area contributed by atoms with Crippen molar-refractivity contribution in [1.82, 2.24) is 4.90 Å². The standard InChI is InChI=1S/C15H16ClFN2O2/c16-11-8-10(4-5-12(11)17)19-14(20)9-13(15(19)21)18-6-2-1-3-7-18/h4-5,8,13H,1-3,6-7,9H2/t13-/m1/s1. The van der Waals surface area contributed by atoms with Crippen molar-refractivity contribution in [2.24, 2.45) is 0 Å². The lowest BCUT2D eigenvalue weighted by atomic mass is 10.1. The normalized spacial score (nSPS) is 23.9. The predicted molar refractivity (Wildman–Crippen MR) is 77.7 cm³/mol. The molecule has 1 aromatic carbocycles. The van der Waals surface area contributed by atoms with E-state index in [1.807, 2.05) is 0 Å². The Morgan fingerprint density at radius 1 is 1.14 bits per heavy atom. The molecule has 2 aliphatic heterocycles. The Kier molecular flexibility index (Phi) is 3.95. The zero-order valence-electron chi connectivity index (χ0n) is 11.5. The summed E-state index contributed by atoms with van der Waals surface area (Å²) in [5, 5.41) is -0.0884. The highest BCUT2D eigenvalue weighted by Gasteiger charge is 2.42. The van der Waals surface area contributed by atoms with Gasteiger partial charge in [-0.05, 0) is 44.1 Å². The van der Waals surface area contributed by atoms with Crippen LogP contribution in [0.25, 0.3) is 0 Å². The Balaban J connectivity index is 1.84. The van der Waals surface area contributed by atoms with Gasteiger partial charge < -0.3 is 0 Å². The summed E-state index contributed by atoms with van der Waals surface area (Å²) in [4.78, 5) is 27.9. The quantitative estimate of drug-likeness (QED) is 0.788. The number of piperidine rings is 1. The largest absolute Gasteiger partial charge is 0.292 e. The minimum Gasteiger partial charge on any atom is -0.292 e. The number of rotatable bonds is 2. The minimum absolute atomic E-state index is 0.0884. The fourth-order valence-corrected chi connectivity index (χ4v) is 3.20. The molecule has 3 rings (SSSR count). The molecule has 0 unspecified atom stereocenters. The van der Waals surface area contributed by atoms with E-state index in [1.54, 1.807) is 0 Å². The Bertz CT molecular complexity index is 587. The lowest BCUT2D eigenvalue weighted by Crippen LogP contribution is -2.44. The van der Waals surface area contributed by atoms with E-state index in [1.165, 1.54) is 24.6 Å². The molecule has 0 bridgehead atoms.